The Labute approximate surface area is 127 Å². The van der Waals surface area contributed by atoms with Crippen molar-refractivity contribution in [1.29, 1.82) is 0 Å². The molecule has 8 heteroatoms. The molecule has 2 heterocycles. The van der Waals surface area contributed by atoms with Gasteiger partial charge in [-0.05, 0) is 19.8 Å². The van der Waals surface area contributed by atoms with Crippen molar-refractivity contribution in [3.05, 3.63) is 16.1 Å². The molecule has 0 aromatic carbocycles. The van der Waals surface area contributed by atoms with Gasteiger partial charge in [0, 0.05) is 30.2 Å². The number of nitrogens with one attached hydrogen (secondary N) is 2. The van der Waals surface area contributed by atoms with Crippen molar-refractivity contribution in [3.63, 3.8) is 0 Å². The number of aromatic nitrogens is 1. The highest BCUT2D eigenvalue weighted by Crippen LogP contribution is 2.11. The molecular formula is C13H20N4O3S. The van der Waals surface area contributed by atoms with E-state index < -0.39 is 0 Å². The van der Waals surface area contributed by atoms with E-state index >= 15 is 0 Å². The summed E-state index contributed by atoms with van der Waals surface area (Å²) in [6.45, 7) is 3.49. The van der Waals surface area contributed by atoms with Crippen LogP contribution >= 0.6 is 11.3 Å². The number of hydrogen-bond acceptors (Lipinski definition) is 5. The van der Waals surface area contributed by atoms with E-state index in [1.54, 1.807) is 4.90 Å². The highest BCUT2D eigenvalue weighted by molar-refractivity contribution is 7.09. The molecule has 1 saturated heterocycles. The average molecular weight is 312 g/mol. The van der Waals surface area contributed by atoms with E-state index in [1.807, 2.05) is 12.3 Å². The van der Waals surface area contributed by atoms with Crippen molar-refractivity contribution in [2.75, 3.05) is 20.2 Å². The zero-order valence-electron chi connectivity index (χ0n) is 12.2. The van der Waals surface area contributed by atoms with Gasteiger partial charge in [0.1, 0.15) is 5.01 Å². The number of amides is 3. The number of piperidine rings is 1. The van der Waals surface area contributed by atoms with Crippen LogP contribution in [0.3, 0.4) is 0 Å². The predicted octanol–water partition coefficient (Wildman–Crippen LogP) is 1.48. The first kappa shape index (κ1) is 15.6. The number of hydrogen-bond donors (Lipinski definition) is 2. The SMILES string of the molecule is COC(=O)N1CCC[C@H](NC(=O)NCc2nc(C)cs2)C1. The van der Waals surface area contributed by atoms with Crippen LogP contribution in [0.4, 0.5) is 9.59 Å². The minimum atomic E-state index is -0.347. The van der Waals surface area contributed by atoms with Crippen molar-refractivity contribution in [2.24, 2.45) is 0 Å². The number of likely N-dealkylation sites (tertiary alicyclic amines) is 1. The Hall–Kier alpha value is -1.83. The van der Waals surface area contributed by atoms with Crippen molar-refractivity contribution in [3.8, 4) is 0 Å². The van der Waals surface area contributed by atoms with Crippen LogP contribution in [0.15, 0.2) is 5.38 Å². The molecule has 0 spiro atoms. The van der Waals surface area contributed by atoms with Crippen molar-refractivity contribution in [2.45, 2.75) is 32.4 Å². The third kappa shape index (κ3) is 4.59. The maximum atomic E-state index is 11.9. The third-order valence-corrected chi connectivity index (χ3v) is 4.22. The molecule has 0 aliphatic carbocycles. The summed E-state index contributed by atoms with van der Waals surface area (Å²) < 4.78 is 4.70. The first-order valence-corrected chi connectivity index (χ1v) is 7.74. The average Bonchev–Trinajstić information content (AvgIpc) is 2.90. The molecule has 116 valence electrons. The van der Waals surface area contributed by atoms with Gasteiger partial charge in [-0.15, -0.1) is 11.3 Å². The Balaban J connectivity index is 1.75. The highest BCUT2D eigenvalue weighted by Gasteiger charge is 2.25. The summed E-state index contributed by atoms with van der Waals surface area (Å²) in [5.41, 5.74) is 0.957. The van der Waals surface area contributed by atoms with Crippen LogP contribution in [0.5, 0.6) is 0 Å². The normalized spacial score (nSPS) is 18.2. The highest BCUT2D eigenvalue weighted by atomic mass is 32.1. The zero-order valence-corrected chi connectivity index (χ0v) is 13.0. The summed E-state index contributed by atoms with van der Waals surface area (Å²) in [6.07, 6.45) is 1.36. The van der Waals surface area contributed by atoms with Gasteiger partial charge in [0.2, 0.25) is 0 Å². The van der Waals surface area contributed by atoms with Crippen LogP contribution in [-0.4, -0.2) is 48.2 Å². The fraction of sp³-hybridized carbons (Fsp3) is 0.615. The maximum Gasteiger partial charge on any atom is 0.409 e. The molecule has 0 unspecified atom stereocenters. The number of ether oxygens (including phenoxy) is 1. The molecule has 21 heavy (non-hydrogen) atoms. The molecule has 0 saturated carbocycles. The largest absolute Gasteiger partial charge is 0.453 e. The molecule has 3 amide bonds. The Morgan fingerprint density at radius 2 is 2.38 bits per heavy atom. The van der Waals surface area contributed by atoms with E-state index in [4.69, 9.17) is 4.74 Å². The Morgan fingerprint density at radius 1 is 1.57 bits per heavy atom. The van der Waals surface area contributed by atoms with Crippen LogP contribution in [0.1, 0.15) is 23.5 Å². The van der Waals surface area contributed by atoms with E-state index in [2.05, 4.69) is 15.6 Å². The maximum absolute atomic E-state index is 11.9. The fourth-order valence-corrected chi connectivity index (χ4v) is 2.98. The van der Waals surface area contributed by atoms with Gasteiger partial charge in [0.05, 0.1) is 13.7 Å². The zero-order chi connectivity index (χ0) is 15.2. The Kier molecular flexibility index (Phi) is 5.38. The second kappa shape index (κ2) is 7.26. The summed E-state index contributed by atoms with van der Waals surface area (Å²) in [4.78, 5) is 29.2. The fourth-order valence-electron chi connectivity index (χ4n) is 2.27. The molecule has 2 rings (SSSR count). The van der Waals surface area contributed by atoms with Crippen molar-refractivity contribution in [1.82, 2.24) is 20.5 Å². The molecule has 1 aromatic rings. The number of thiazole rings is 1. The number of urea groups is 1. The topological polar surface area (TPSA) is 83.6 Å². The Bertz CT molecular complexity index is 505. The van der Waals surface area contributed by atoms with Gasteiger partial charge in [0.25, 0.3) is 0 Å². The lowest BCUT2D eigenvalue weighted by atomic mass is 10.1. The molecule has 1 aliphatic heterocycles. The molecule has 2 N–H and O–H groups in total. The first-order chi connectivity index (χ1) is 10.1. The summed E-state index contributed by atoms with van der Waals surface area (Å²) in [5, 5.41) is 8.49. The van der Waals surface area contributed by atoms with E-state index in [9.17, 15) is 9.59 Å². The first-order valence-electron chi connectivity index (χ1n) is 6.86. The van der Waals surface area contributed by atoms with Gasteiger partial charge in [0.15, 0.2) is 0 Å². The van der Waals surface area contributed by atoms with Crippen LogP contribution < -0.4 is 10.6 Å². The summed E-state index contributed by atoms with van der Waals surface area (Å²) in [5.74, 6) is 0. The lowest BCUT2D eigenvalue weighted by Crippen LogP contribution is -2.51. The van der Waals surface area contributed by atoms with Crippen LogP contribution in [0, 0.1) is 6.92 Å². The lowest BCUT2D eigenvalue weighted by molar-refractivity contribution is 0.108. The van der Waals surface area contributed by atoms with E-state index in [0.717, 1.165) is 23.5 Å². The van der Waals surface area contributed by atoms with Gasteiger partial charge >= 0.3 is 12.1 Å². The third-order valence-electron chi connectivity index (χ3n) is 3.26. The molecule has 1 aliphatic rings. The quantitative estimate of drug-likeness (QED) is 0.885. The van der Waals surface area contributed by atoms with Crippen molar-refractivity contribution >= 4 is 23.5 Å². The molecule has 1 aromatic heterocycles. The number of nitrogens with zero attached hydrogens (tertiary/aromatic N) is 2. The molecule has 1 fully saturated rings. The van der Waals surface area contributed by atoms with Crippen LogP contribution in [0.2, 0.25) is 0 Å². The Morgan fingerprint density at radius 3 is 3.05 bits per heavy atom. The lowest BCUT2D eigenvalue weighted by Gasteiger charge is -2.32. The van der Waals surface area contributed by atoms with E-state index in [0.29, 0.717) is 19.6 Å². The monoisotopic (exact) mass is 312 g/mol. The summed E-state index contributed by atoms with van der Waals surface area (Å²) in [7, 11) is 1.36. The summed E-state index contributed by atoms with van der Waals surface area (Å²) >= 11 is 1.52. The predicted molar refractivity (Wildman–Crippen MR) is 79.2 cm³/mol. The van der Waals surface area contributed by atoms with Gasteiger partial charge < -0.3 is 20.3 Å². The van der Waals surface area contributed by atoms with Crippen molar-refractivity contribution < 1.29 is 14.3 Å². The van der Waals surface area contributed by atoms with Gasteiger partial charge in [-0.25, -0.2) is 14.6 Å². The number of aryl methyl sites for hydroxylation is 1. The second-order valence-electron chi connectivity index (χ2n) is 4.96. The van der Waals surface area contributed by atoms with Gasteiger partial charge in [-0.2, -0.15) is 0 Å². The number of carbonyl (C=O) groups excluding carboxylic acids is 2. The summed E-state index contributed by atoms with van der Waals surface area (Å²) in [6, 6.07) is -0.282. The minimum absolute atomic E-state index is 0.0455. The molecule has 0 radical (unpaired) electrons. The molecule has 0 bridgehead atoms. The molecule has 1 atom stereocenters. The van der Waals surface area contributed by atoms with E-state index in [1.165, 1.54) is 18.4 Å². The minimum Gasteiger partial charge on any atom is -0.453 e. The van der Waals surface area contributed by atoms with Crippen LogP contribution in [-0.2, 0) is 11.3 Å². The molecular weight excluding hydrogens is 292 g/mol. The van der Waals surface area contributed by atoms with Crippen LogP contribution in [0.25, 0.3) is 0 Å². The van der Waals surface area contributed by atoms with Gasteiger partial charge in [-0.1, -0.05) is 0 Å². The number of rotatable bonds is 3. The number of carbonyl (C=O) groups is 2. The number of methoxy groups -OCH3 is 1. The molecule has 7 nitrogen and oxygen atoms in total. The van der Waals surface area contributed by atoms with Gasteiger partial charge in [-0.3, -0.25) is 0 Å². The van der Waals surface area contributed by atoms with E-state index in [-0.39, 0.29) is 18.2 Å². The standard InChI is InChI=1S/C13H20N4O3S/c1-9-8-21-11(15-9)6-14-12(18)16-10-4-3-5-17(7-10)13(19)20-2/h8,10H,3-7H2,1-2H3,(H2,14,16,18)/t10-/m0/s1. The second-order valence-corrected chi connectivity index (χ2v) is 5.91. The smallest absolute Gasteiger partial charge is 0.409 e.